The lowest BCUT2D eigenvalue weighted by Crippen LogP contribution is -2.16. The third-order valence-electron chi connectivity index (χ3n) is 2.72. The summed E-state index contributed by atoms with van der Waals surface area (Å²) in [5.41, 5.74) is 0.419. The van der Waals surface area contributed by atoms with Crippen molar-refractivity contribution in [3.8, 4) is 0 Å². The van der Waals surface area contributed by atoms with Gasteiger partial charge in [-0.15, -0.1) is 0 Å². The number of nitrogens with one attached hydrogen (secondary N) is 1. The quantitative estimate of drug-likeness (QED) is 0.856. The molecule has 1 heterocycles. The van der Waals surface area contributed by atoms with Crippen LogP contribution < -0.4 is 5.56 Å². The molecule has 0 bridgehead atoms. The Hall–Kier alpha value is -1.36. The molecule has 0 radical (unpaired) electrons. The van der Waals surface area contributed by atoms with Crippen LogP contribution in [0.4, 0.5) is 0 Å². The fourth-order valence-corrected chi connectivity index (χ4v) is 2.08. The Morgan fingerprint density at radius 2 is 1.89 bits per heavy atom. The Morgan fingerprint density at radius 1 is 1.21 bits per heavy atom. The number of H-pyrrole nitrogens is 1. The van der Waals surface area contributed by atoms with Gasteiger partial charge >= 0.3 is 0 Å². The molecule has 0 aliphatic rings. The molecule has 0 fully saturated rings. The first-order valence-corrected chi connectivity index (χ1v) is 6.59. The molecule has 19 heavy (non-hydrogen) atoms. The standard InChI is InChI=1S/C14H16ClNO3/c1-3-18-14(19-4-2)12-7-9-5-6-10(15)8-11(9)13(17)16-12/h5-8,14H,3-4H2,1-2H3,(H,16,17). The molecule has 2 aromatic rings. The van der Waals surface area contributed by atoms with E-state index in [2.05, 4.69) is 4.98 Å². The van der Waals surface area contributed by atoms with Gasteiger partial charge in [-0.3, -0.25) is 4.79 Å². The van der Waals surface area contributed by atoms with Gasteiger partial charge in [0, 0.05) is 23.6 Å². The molecule has 1 aromatic carbocycles. The third kappa shape index (κ3) is 3.15. The number of fused-ring (bicyclic) bond motifs is 1. The minimum Gasteiger partial charge on any atom is -0.347 e. The van der Waals surface area contributed by atoms with E-state index in [1.807, 2.05) is 26.0 Å². The lowest BCUT2D eigenvalue weighted by molar-refractivity contribution is -0.142. The van der Waals surface area contributed by atoms with Crippen molar-refractivity contribution >= 4 is 22.4 Å². The van der Waals surface area contributed by atoms with Crippen LogP contribution in [0.3, 0.4) is 0 Å². The fourth-order valence-electron chi connectivity index (χ4n) is 1.91. The number of benzene rings is 1. The molecular weight excluding hydrogens is 266 g/mol. The monoisotopic (exact) mass is 281 g/mol. The topological polar surface area (TPSA) is 51.3 Å². The molecular formula is C14H16ClNO3. The van der Waals surface area contributed by atoms with Crippen LogP contribution >= 0.6 is 11.6 Å². The molecule has 0 aliphatic carbocycles. The number of rotatable bonds is 5. The summed E-state index contributed by atoms with van der Waals surface area (Å²) in [6.45, 7) is 4.77. The van der Waals surface area contributed by atoms with Crippen LogP contribution in [0.25, 0.3) is 10.8 Å². The normalized spacial score (nSPS) is 11.4. The van der Waals surface area contributed by atoms with Crippen molar-refractivity contribution in [3.63, 3.8) is 0 Å². The zero-order valence-corrected chi connectivity index (χ0v) is 11.7. The van der Waals surface area contributed by atoms with E-state index in [0.717, 1.165) is 5.39 Å². The van der Waals surface area contributed by atoms with Gasteiger partial charge in [0.15, 0.2) is 6.29 Å². The molecule has 0 atom stereocenters. The van der Waals surface area contributed by atoms with E-state index >= 15 is 0 Å². The van der Waals surface area contributed by atoms with Gasteiger partial charge in [-0.2, -0.15) is 0 Å². The Labute approximate surface area is 116 Å². The maximum atomic E-state index is 12.0. The minimum absolute atomic E-state index is 0.195. The van der Waals surface area contributed by atoms with Gasteiger partial charge in [0.25, 0.3) is 5.56 Å². The largest absolute Gasteiger partial charge is 0.347 e. The summed E-state index contributed by atoms with van der Waals surface area (Å²) in [6, 6.07) is 7.06. The Morgan fingerprint density at radius 3 is 2.53 bits per heavy atom. The summed E-state index contributed by atoms with van der Waals surface area (Å²) in [4.78, 5) is 14.8. The van der Waals surface area contributed by atoms with Crippen LogP contribution in [0.15, 0.2) is 29.1 Å². The highest BCUT2D eigenvalue weighted by Crippen LogP contribution is 2.21. The zero-order chi connectivity index (χ0) is 13.8. The summed E-state index contributed by atoms with van der Waals surface area (Å²) in [7, 11) is 0. The van der Waals surface area contributed by atoms with E-state index in [1.165, 1.54) is 0 Å². The van der Waals surface area contributed by atoms with Crippen LogP contribution in [0.2, 0.25) is 5.02 Å². The smallest absolute Gasteiger partial charge is 0.256 e. The van der Waals surface area contributed by atoms with Crippen LogP contribution in [0.5, 0.6) is 0 Å². The van der Waals surface area contributed by atoms with Crippen molar-refractivity contribution in [2.75, 3.05) is 13.2 Å². The second-order valence-corrected chi connectivity index (χ2v) is 4.46. The first-order valence-electron chi connectivity index (χ1n) is 6.21. The van der Waals surface area contributed by atoms with Crippen molar-refractivity contribution in [1.82, 2.24) is 4.98 Å². The average Bonchev–Trinajstić information content (AvgIpc) is 2.39. The van der Waals surface area contributed by atoms with Crippen LogP contribution in [-0.2, 0) is 9.47 Å². The van der Waals surface area contributed by atoms with E-state index in [0.29, 0.717) is 29.3 Å². The molecule has 4 nitrogen and oxygen atoms in total. The number of pyridine rings is 1. The number of aromatic amines is 1. The maximum Gasteiger partial charge on any atom is 0.256 e. The average molecular weight is 282 g/mol. The first kappa shape index (κ1) is 14.1. The molecule has 5 heteroatoms. The molecule has 0 amide bonds. The molecule has 0 aliphatic heterocycles. The molecule has 2 rings (SSSR count). The lowest BCUT2D eigenvalue weighted by atomic mass is 10.1. The van der Waals surface area contributed by atoms with Gasteiger partial charge in [-0.25, -0.2) is 0 Å². The predicted molar refractivity (Wildman–Crippen MR) is 75.6 cm³/mol. The fraction of sp³-hybridized carbons (Fsp3) is 0.357. The van der Waals surface area contributed by atoms with E-state index in [-0.39, 0.29) is 5.56 Å². The predicted octanol–water partition coefficient (Wildman–Crippen LogP) is 3.25. The second-order valence-electron chi connectivity index (χ2n) is 4.03. The van der Waals surface area contributed by atoms with Gasteiger partial charge in [-0.1, -0.05) is 17.7 Å². The van der Waals surface area contributed by atoms with E-state index in [9.17, 15) is 4.79 Å². The van der Waals surface area contributed by atoms with Crippen molar-refractivity contribution < 1.29 is 9.47 Å². The first-order chi connectivity index (χ1) is 9.15. The van der Waals surface area contributed by atoms with Crippen molar-refractivity contribution in [3.05, 3.63) is 45.3 Å². The van der Waals surface area contributed by atoms with Gasteiger partial charge in [0.05, 0.1) is 5.69 Å². The summed E-state index contributed by atoms with van der Waals surface area (Å²) in [5, 5.41) is 1.91. The minimum atomic E-state index is -0.553. The number of halogens is 1. The van der Waals surface area contributed by atoms with Crippen LogP contribution in [0, 0.1) is 0 Å². The Balaban J connectivity index is 2.50. The number of hydrogen-bond donors (Lipinski definition) is 1. The van der Waals surface area contributed by atoms with Gasteiger partial charge in [0.2, 0.25) is 0 Å². The molecule has 0 spiro atoms. The second kappa shape index (κ2) is 6.19. The zero-order valence-electron chi connectivity index (χ0n) is 10.9. The van der Waals surface area contributed by atoms with Gasteiger partial charge < -0.3 is 14.5 Å². The molecule has 0 saturated heterocycles. The molecule has 102 valence electrons. The Kier molecular flexibility index (Phi) is 4.58. The summed E-state index contributed by atoms with van der Waals surface area (Å²) < 4.78 is 11.0. The van der Waals surface area contributed by atoms with E-state index in [1.54, 1.807) is 12.1 Å². The summed E-state index contributed by atoms with van der Waals surface area (Å²) >= 11 is 5.89. The molecule has 1 N–H and O–H groups in total. The van der Waals surface area contributed by atoms with E-state index in [4.69, 9.17) is 21.1 Å². The van der Waals surface area contributed by atoms with Crippen molar-refractivity contribution in [2.45, 2.75) is 20.1 Å². The van der Waals surface area contributed by atoms with Crippen LogP contribution in [-0.4, -0.2) is 18.2 Å². The summed E-state index contributed by atoms with van der Waals surface area (Å²) in [6.07, 6.45) is -0.553. The number of aromatic nitrogens is 1. The highest BCUT2D eigenvalue weighted by Gasteiger charge is 2.14. The van der Waals surface area contributed by atoms with Crippen molar-refractivity contribution in [1.29, 1.82) is 0 Å². The van der Waals surface area contributed by atoms with E-state index < -0.39 is 6.29 Å². The van der Waals surface area contributed by atoms with Gasteiger partial charge in [0.1, 0.15) is 0 Å². The molecule has 0 saturated carbocycles. The van der Waals surface area contributed by atoms with Gasteiger partial charge in [-0.05, 0) is 37.4 Å². The summed E-state index contributed by atoms with van der Waals surface area (Å²) in [5.74, 6) is 0. The van der Waals surface area contributed by atoms with Crippen LogP contribution in [0.1, 0.15) is 25.8 Å². The Bertz CT molecular complexity index is 618. The highest BCUT2D eigenvalue weighted by molar-refractivity contribution is 6.31. The third-order valence-corrected chi connectivity index (χ3v) is 2.95. The molecule has 0 unspecified atom stereocenters. The maximum absolute atomic E-state index is 12.0. The number of hydrogen-bond acceptors (Lipinski definition) is 3. The highest BCUT2D eigenvalue weighted by atomic mass is 35.5. The molecule has 1 aromatic heterocycles. The SMILES string of the molecule is CCOC(OCC)c1cc2ccc(Cl)cc2c(=O)[nH]1. The number of ether oxygens (including phenoxy) is 2. The van der Waals surface area contributed by atoms with Crippen molar-refractivity contribution in [2.24, 2.45) is 0 Å². The lowest BCUT2D eigenvalue weighted by Gasteiger charge is -2.17.